The van der Waals surface area contributed by atoms with Crippen LogP contribution in [0.3, 0.4) is 0 Å². The topological polar surface area (TPSA) is 55.6 Å². The molecule has 0 aliphatic heterocycles. The fraction of sp³-hybridized carbons (Fsp3) is 0.522. The zero-order valence-corrected chi connectivity index (χ0v) is 17.4. The van der Waals surface area contributed by atoms with Crippen LogP contribution in [0.25, 0.3) is 22.3 Å². The minimum Gasteiger partial charge on any atom is -0.354 e. The standard InChI is InChI=1S/C23H30FN5/c1-3-4-13-25-23-26-14-20-21(18-9-11-19(24)12-10-18)28-29(22(20)27-23)15-17-7-5-16(2)6-8-17/h9-12,14,16-17H,3-8,13,15H2,1-2H3,(H,25,26,27). The first-order valence-corrected chi connectivity index (χ1v) is 10.9. The summed E-state index contributed by atoms with van der Waals surface area (Å²) in [4.78, 5) is 9.30. The molecule has 5 nitrogen and oxygen atoms in total. The Balaban J connectivity index is 1.68. The fourth-order valence-corrected chi connectivity index (χ4v) is 4.13. The van der Waals surface area contributed by atoms with Crippen molar-refractivity contribution in [1.82, 2.24) is 19.7 Å². The van der Waals surface area contributed by atoms with Crippen molar-refractivity contribution < 1.29 is 4.39 Å². The molecule has 1 N–H and O–H groups in total. The maximum Gasteiger partial charge on any atom is 0.224 e. The molecule has 0 amide bonds. The number of hydrogen-bond donors (Lipinski definition) is 1. The second kappa shape index (κ2) is 8.89. The second-order valence-electron chi connectivity index (χ2n) is 8.37. The van der Waals surface area contributed by atoms with E-state index in [1.165, 1.54) is 37.8 Å². The molecule has 1 fully saturated rings. The molecule has 1 saturated carbocycles. The van der Waals surface area contributed by atoms with E-state index < -0.39 is 0 Å². The largest absolute Gasteiger partial charge is 0.354 e. The summed E-state index contributed by atoms with van der Waals surface area (Å²) in [7, 11) is 0. The zero-order chi connectivity index (χ0) is 20.2. The number of hydrogen-bond acceptors (Lipinski definition) is 4. The first-order valence-electron chi connectivity index (χ1n) is 10.9. The molecule has 0 saturated heterocycles. The maximum atomic E-state index is 13.4. The number of halogens is 1. The van der Waals surface area contributed by atoms with Crippen molar-refractivity contribution in [3.8, 4) is 11.3 Å². The summed E-state index contributed by atoms with van der Waals surface area (Å²) in [5, 5.41) is 9.14. The summed E-state index contributed by atoms with van der Waals surface area (Å²) < 4.78 is 15.4. The molecule has 0 unspecified atom stereocenters. The first kappa shape index (κ1) is 19.8. The maximum absolute atomic E-state index is 13.4. The quantitative estimate of drug-likeness (QED) is 0.524. The van der Waals surface area contributed by atoms with Crippen LogP contribution in [-0.4, -0.2) is 26.3 Å². The normalized spacial score (nSPS) is 19.6. The Bertz CT molecular complexity index is 942. The van der Waals surface area contributed by atoms with Crippen molar-refractivity contribution in [2.24, 2.45) is 11.8 Å². The van der Waals surface area contributed by atoms with E-state index in [0.29, 0.717) is 11.9 Å². The monoisotopic (exact) mass is 395 g/mol. The van der Waals surface area contributed by atoms with Crippen LogP contribution in [0.2, 0.25) is 0 Å². The molecule has 0 spiro atoms. The van der Waals surface area contributed by atoms with Gasteiger partial charge in [-0.25, -0.2) is 14.1 Å². The third kappa shape index (κ3) is 4.57. The molecule has 6 heteroatoms. The lowest BCUT2D eigenvalue weighted by Crippen LogP contribution is -2.18. The van der Waals surface area contributed by atoms with E-state index in [0.717, 1.165) is 54.1 Å². The van der Waals surface area contributed by atoms with Gasteiger partial charge in [0.2, 0.25) is 5.95 Å². The molecule has 4 rings (SSSR count). The molecule has 0 bridgehead atoms. The lowest BCUT2D eigenvalue weighted by atomic mass is 9.83. The zero-order valence-electron chi connectivity index (χ0n) is 17.4. The van der Waals surface area contributed by atoms with Gasteiger partial charge in [0.15, 0.2) is 5.65 Å². The van der Waals surface area contributed by atoms with Gasteiger partial charge in [0.1, 0.15) is 11.5 Å². The molecular weight excluding hydrogens is 365 g/mol. The van der Waals surface area contributed by atoms with Crippen LogP contribution in [0.15, 0.2) is 30.5 Å². The first-order chi connectivity index (χ1) is 14.1. The lowest BCUT2D eigenvalue weighted by Gasteiger charge is -2.26. The third-order valence-corrected chi connectivity index (χ3v) is 5.99. The molecule has 0 atom stereocenters. The predicted molar refractivity (Wildman–Crippen MR) is 115 cm³/mol. The molecule has 2 aromatic heterocycles. The summed E-state index contributed by atoms with van der Waals surface area (Å²) in [6.07, 6.45) is 9.11. The highest BCUT2D eigenvalue weighted by Gasteiger charge is 2.22. The Hall–Kier alpha value is -2.50. The van der Waals surface area contributed by atoms with E-state index in [4.69, 9.17) is 10.1 Å². The number of unbranched alkanes of at least 4 members (excludes halogenated alkanes) is 1. The number of benzene rings is 1. The van der Waals surface area contributed by atoms with Crippen molar-refractivity contribution >= 4 is 17.0 Å². The van der Waals surface area contributed by atoms with Gasteiger partial charge in [-0.3, -0.25) is 0 Å². The smallest absolute Gasteiger partial charge is 0.224 e. The molecule has 1 aliphatic carbocycles. The Labute approximate surface area is 171 Å². The van der Waals surface area contributed by atoms with Crippen LogP contribution >= 0.6 is 0 Å². The predicted octanol–water partition coefficient (Wildman–Crippen LogP) is 5.67. The fourth-order valence-electron chi connectivity index (χ4n) is 4.13. The third-order valence-electron chi connectivity index (χ3n) is 5.99. The van der Waals surface area contributed by atoms with E-state index >= 15 is 0 Å². The number of nitrogens with one attached hydrogen (secondary N) is 1. The minimum absolute atomic E-state index is 0.243. The highest BCUT2D eigenvalue weighted by Crippen LogP contribution is 2.32. The van der Waals surface area contributed by atoms with E-state index in [1.807, 2.05) is 10.9 Å². The van der Waals surface area contributed by atoms with Gasteiger partial charge in [0.05, 0.1) is 5.39 Å². The van der Waals surface area contributed by atoms with E-state index in [2.05, 4.69) is 24.1 Å². The Kier molecular flexibility index (Phi) is 6.07. The van der Waals surface area contributed by atoms with Crippen LogP contribution in [0, 0.1) is 17.7 Å². The average Bonchev–Trinajstić information content (AvgIpc) is 3.08. The Morgan fingerprint density at radius 1 is 1.14 bits per heavy atom. The molecular formula is C23H30FN5. The molecule has 1 aromatic carbocycles. The summed E-state index contributed by atoms with van der Waals surface area (Å²) in [6, 6.07) is 6.50. The average molecular weight is 396 g/mol. The Morgan fingerprint density at radius 3 is 2.62 bits per heavy atom. The van der Waals surface area contributed by atoms with E-state index in [9.17, 15) is 4.39 Å². The number of anilines is 1. The Morgan fingerprint density at radius 2 is 1.90 bits per heavy atom. The number of fused-ring (bicyclic) bond motifs is 1. The van der Waals surface area contributed by atoms with Crippen molar-refractivity contribution in [3.63, 3.8) is 0 Å². The van der Waals surface area contributed by atoms with Crippen molar-refractivity contribution in [1.29, 1.82) is 0 Å². The van der Waals surface area contributed by atoms with E-state index in [1.54, 1.807) is 12.1 Å². The van der Waals surface area contributed by atoms with Crippen molar-refractivity contribution in [3.05, 3.63) is 36.3 Å². The van der Waals surface area contributed by atoms with Gasteiger partial charge in [-0.05, 0) is 55.4 Å². The van der Waals surface area contributed by atoms with Gasteiger partial charge in [0.25, 0.3) is 0 Å². The van der Waals surface area contributed by atoms with Gasteiger partial charge in [-0.2, -0.15) is 10.1 Å². The summed E-state index contributed by atoms with van der Waals surface area (Å²) in [5.74, 6) is 1.86. The molecule has 29 heavy (non-hydrogen) atoms. The van der Waals surface area contributed by atoms with Crippen LogP contribution in [-0.2, 0) is 6.54 Å². The van der Waals surface area contributed by atoms with Gasteiger partial charge in [-0.1, -0.05) is 33.1 Å². The lowest BCUT2D eigenvalue weighted by molar-refractivity contribution is 0.260. The van der Waals surface area contributed by atoms with Crippen LogP contribution in [0.5, 0.6) is 0 Å². The number of aromatic nitrogens is 4. The SMILES string of the molecule is CCCCNc1ncc2c(-c3ccc(F)cc3)nn(CC3CCC(C)CC3)c2n1. The molecule has 154 valence electrons. The summed E-state index contributed by atoms with van der Waals surface area (Å²) >= 11 is 0. The van der Waals surface area contributed by atoms with Crippen molar-refractivity contribution in [2.75, 3.05) is 11.9 Å². The molecule has 0 radical (unpaired) electrons. The van der Waals surface area contributed by atoms with Crippen LogP contribution in [0.4, 0.5) is 10.3 Å². The second-order valence-corrected chi connectivity index (χ2v) is 8.37. The van der Waals surface area contributed by atoms with Gasteiger partial charge >= 0.3 is 0 Å². The van der Waals surface area contributed by atoms with E-state index in [-0.39, 0.29) is 5.82 Å². The highest BCUT2D eigenvalue weighted by molar-refractivity contribution is 5.91. The summed E-state index contributed by atoms with van der Waals surface area (Å²) in [6.45, 7) is 6.24. The number of nitrogens with zero attached hydrogens (tertiary/aromatic N) is 4. The van der Waals surface area contributed by atoms with Gasteiger partial charge < -0.3 is 5.32 Å². The molecule has 2 heterocycles. The van der Waals surface area contributed by atoms with Crippen molar-refractivity contribution in [2.45, 2.75) is 58.9 Å². The summed E-state index contributed by atoms with van der Waals surface area (Å²) in [5.41, 5.74) is 2.57. The molecule has 3 aromatic rings. The van der Waals surface area contributed by atoms with Crippen LogP contribution < -0.4 is 5.32 Å². The van der Waals surface area contributed by atoms with Gasteiger partial charge in [0, 0.05) is 24.8 Å². The van der Waals surface area contributed by atoms with Gasteiger partial charge in [-0.15, -0.1) is 0 Å². The van der Waals surface area contributed by atoms with Crippen LogP contribution in [0.1, 0.15) is 52.4 Å². The minimum atomic E-state index is -0.243. The highest BCUT2D eigenvalue weighted by atomic mass is 19.1. The number of rotatable bonds is 7. The molecule has 1 aliphatic rings.